The number of nitrogens with zero attached hydrogens (tertiary/aromatic N) is 8. The van der Waals surface area contributed by atoms with Gasteiger partial charge in [-0.25, -0.2) is 9.97 Å². The first-order valence-electron chi connectivity index (χ1n) is 16.6. The van der Waals surface area contributed by atoms with E-state index in [1.165, 1.54) is 31.2 Å². The number of phenolic OH excluding ortho intramolecular Hbond substituents is 1. The molecule has 1 atom stereocenters. The van der Waals surface area contributed by atoms with Crippen molar-refractivity contribution in [2.75, 3.05) is 22.5 Å². The van der Waals surface area contributed by atoms with Gasteiger partial charge in [-0.05, 0) is 62.7 Å². The fourth-order valence-corrected chi connectivity index (χ4v) is 7.94. The topological polar surface area (TPSA) is 332 Å². The van der Waals surface area contributed by atoms with Gasteiger partial charge in [0.1, 0.15) is 50.3 Å². The zero-order valence-corrected chi connectivity index (χ0v) is 33.0. The molecule has 6 aromatic rings. The third kappa shape index (κ3) is 8.73. The molecule has 0 saturated carbocycles. The summed E-state index contributed by atoms with van der Waals surface area (Å²) >= 11 is 0. The third-order valence-corrected chi connectivity index (χ3v) is 11.0. The predicted molar refractivity (Wildman–Crippen MR) is 209 cm³/mol. The van der Waals surface area contributed by atoms with Gasteiger partial charge in [0, 0.05) is 23.4 Å². The van der Waals surface area contributed by atoms with Crippen LogP contribution in [0.4, 0.5) is 34.8 Å². The minimum atomic E-state index is -5.28. The molecule has 1 unspecified atom stereocenters. The van der Waals surface area contributed by atoms with Crippen LogP contribution >= 0.6 is 0 Å². The molecule has 0 bridgehead atoms. The van der Waals surface area contributed by atoms with Gasteiger partial charge >= 0.3 is 0 Å². The van der Waals surface area contributed by atoms with Crippen LogP contribution in [-0.4, -0.2) is 81.5 Å². The maximum atomic E-state index is 12.6. The van der Waals surface area contributed by atoms with Crippen molar-refractivity contribution < 1.29 is 44.0 Å². The number of aryl methyl sites for hydroxylation is 3. The Morgan fingerprint density at radius 1 is 0.793 bits per heavy atom. The van der Waals surface area contributed by atoms with Crippen molar-refractivity contribution in [2.24, 2.45) is 10.2 Å². The van der Waals surface area contributed by atoms with E-state index in [9.17, 15) is 49.3 Å². The van der Waals surface area contributed by atoms with Crippen molar-refractivity contribution >= 4 is 86.7 Å². The number of hydrogen-bond acceptors (Lipinski definition) is 18. The van der Waals surface area contributed by atoms with Gasteiger partial charge in [-0.2, -0.15) is 45.5 Å². The van der Waals surface area contributed by atoms with E-state index in [0.717, 1.165) is 18.2 Å². The fraction of sp³-hybridized carbons (Fsp3) is 0.176. The molecular formula is C34H31N11O10S3. The Bertz CT molecular complexity index is 3090. The van der Waals surface area contributed by atoms with Gasteiger partial charge in [-0.3, -0.25) is 13.7 Å². The summed E-state index contributed by atoms with van der Waals surface area (Å²) in [6.45, 7) is 6.86. The van der Waals surface area contributed by atoms with Crippen LogP contribution in [0.3, 0.4) is 0 Å². The minimum Gasteiger partial charge on any atom is -0.505 e. The Balaban J connectivity index is 1.43. The highest BCUT2D eigenvalue weighted by molar-refractivity contribution is 7.86. The molecule has 0 spiro atoms. The van der Waals surface area contributed by atoms with Crippen molar-refractivity contribution in [3.63, 3.8) is 0 Å². The van der Waals surface area contributed by atoms with Gasteiger partial charge in [0.25, 0.3) is 30.4 Å². The molecule has 0 amide bonds. The summed E-state index contributed by atoms with van der Waals surface area (Å²) in [5, 5.41) is 37.5. The van der Waals surface area contributed by atoms with Crippen LogP contribution in [0, 0.1) is 32.1 Å². The molecule has 58 heavy (non-hydrogen) atoms. The number of anilines is 4. The van der Waals surface area contributed by atoms with Crippen LogP contribution in [0.2, 0.25) is 0 Å². The monoisotopic (exact) mass is 849 g/mol. The van der Waals surface area contributed by atoms with Gasteiger partial charge in [0.15, 0.2) is 5.75 Å². The third-order valence-electron chi connectivity index (χ3n) is 8.33. The number of aromatic hydroxyl groups is 1. The Kier molecular flexibility index (Phi) is 11.0. The van der Waals surface area contributed by atoms with E-state index in [1.54, 1.807) is 32.9 Å². The molecule has 0 saturated heterocycles. The summed E-state index contributed by atoms with van der Waals surface area (Å²) in [6.07, 6.45) is 0. The molecule has 24 heteroatoms. The molecule has 0 aliphatic rings. The summed E-state index contributed by atoms with van der Waals surface area (Å²) < 4.78 is 105. The molecule has 2 heterocycles. The highest BCUT2D eigenvalue weighted by Gasteiger charge is 2.27. The first kappa shape index (κ1) is 41.2. The molecule has 0 aliphatic carbocycles. The largest absolute Gasteiger partial charge is 0.505 e. The molecule has 0 radical (unpaired) electrons. The van der Waals surface area contributed by atoms with Crippen LogP contribution in [0.5, 0.6) is 5.75 Å². The smallest absolute Gasteiger partial charge is 0.297 e. The lowest BCUT2D eigenvalue weighted by Gasteiger charge is -2.18. The molecule has 6 rings (SSSR count). The van der Waals surface area contributed by atoms with Crippen molar-refractivity contribution in [1.82, 2.24) is 24.9 Å². The molecule has 7 N–H and O–H groups in total. The second-order valence-electron chi connectivity index (χ2n) is 12.7. The van der Waals surface area contributed by atoms with Crippen molar-refractivity contribution in [3.8, 4) is 11.8 Å². The van der Waals surface area contributed by atoms with E-state index < -0.39 is 62.2 Å². The molecule has 2 aromatic heterocycles. The molecular weight excluding hydrogens is 819 g/mol. The average Bonchev–Trinajstić information content (AvgIpc) is 3.11. The van der Waals surface area contributed by atoms with Gasteiger partial charge in [0.2, 0.25) is 11.9 Å². The van der Waals surface area contributed by atoms with Crippen LogP contribution < -0.4 is 16.0 Å². The first-order chi connectivity index (χ1) is 27.1. The second kappa shape index (κ2) is 15.5. The van der Waals surface area contributed by atoms with Crippen molar-refractivity contribution in [1.29, 1.82) is 5.26 Å². The Morgan fingerprint density at radius 2 is 1.48 bits per heavy atom. The predicted octanol–water partition coefficient (Wildman–Crippen LogP) is 5.28. The normalized spacial score (nSPS) is 12.8. The van der Waals surface area contributed by atoms with Crippen LogP contribution in [0.25, 0.3) is 21.5 Å². The van der Waals surface area contributed by atoms with E-state index in [2.05, 4.69) is 57.2 Å². The van der Waals surface area contributed by atoms with E-state index in [4.69, 9.17) is 0 Å². The quantitative estimate of drug-likeness (QED) is 0.0608. The molecule has 0 aliphatic heterocycles. The lowest BCUT2D eigenvalue weighted by molar-refractivity contribution is 0.472. The lowest BCUT2D eigenvalue weighted by Crippen LogP contribution is -2.27. The van der Waals surface area contributed by atoms with Crippen molar-refractivity contribution in [2.45, 2.75) is 48.4 Å². The summed E-state index contributed by atoms with van der Waals surface area (Å²) in [5.74, 6) is -0.278. The zero-order chi connectivity index (χ0) is 42.3. The fourth-order valence-electron chi connectivity index (χ4n) is 5.90. The van der Waals surface area contributed by atoms with E-state index in [0.29, 0.717) is 22.7 Å². The van der Waals surface area contributed by atoms with Crippen molar-refractivity contribution in [3.05, 3.63) is 77.5 Å². The molecule has 4 aromatic carbocycles. The molecule has 0 fully saturated rings. The van der Waals surface area contributed by atoms with Gasteiger partial charge in [-0.15, -0.1) is 10.2 Å². The number of benzene rings is 4. The number of nitriles is 1. The van der Waals surface area contributed by atoms with Gasteiger partial charge in [-0.1, -0.05) is 30.3 Å². The molecule has 300 valence electrons. The maximum Gasteiger partial charge on any atom is 0.297 e. The summed E-state index contributed by atoms with van der Waals surface area (Å²) in [5.41, 5.74) is -0.946. The average molecular weight is 850 g/mol. The lowest BCUT2D eigenvalue weighted by atomic mass is 10.1. The van der Waals surface area contributed by atoms with Gasteiger partial charge < -0.3 is 21.1 Å². The number of aromatic nitrogens is 5. The maximum absolute atomic E-state index is 12.6. The Hall–Kier alpha value is -6.49. The number of azo groups is 1. The van der Waals surface area contributed by atoms with Crippen LogP contribution in [-0.2, 0) is 30.4 Å². The summed E-state index contributed by atoms with van der Waals surface area (Å²) in [4.78, 5) is 18.7. The number of fused-ring (bicyclic) bond motifs is 2. The highest BCUT2D eigenvalue weighted by Crippen LogP contribution is 2.46. The SMILES string of the molecule is Cc1nc(NCC(C)Nc2nc(C)nc(C)c2C#N)nc(Nc2cc(S(=O)(=O)O)cc3cc(S(=O)(=O)O)c(N=Nc4ccc5ccccc5c4S(=O)(=O)O)c(O)c23)n1. The number of nitrogens with one attached hydrogen (secondary N) is 3. The van der Waals surface area contributed by atoms with Crippen LogP contribution in [0.15, 0.2) is 79.5 Å². The van der Waals surface area contributed by atoms with E-state index in [1.807, 2.05) is 0 Å². The Labute approximate surface area is 330 Å². The second-order valence-corrected chi connectivity index (χ2v) is 16.8. The number of rotatable bonds is 12. The van der Waals surface area contributed by atoms with Gasteiger partial charge in [0.05, 0.1) is 16.3 Å². The Morgan fingerprint density at radius 3 is 2.16 bits per heavy atom. The van der Waals surface area contributed by atoms with E-state index >= 15 is 0 Å². The summed E-state index contributed by atoms with van der Waals surface area (Å²) in [7, 11) is -15.2. The standard InChI is InChI=1S/C34H31N11O10S3/c1-16(37-32-24(14-35)17(2)38-18(3)39-32)15-36-33-40-19(4)41-34(43-33)42-26-13-22(56(47,48)49)11-21-12-27(57(50,51)52)29(30(46)28(21)26)45-44-25-10-9-20-7-5-6-8-23(20)31(25)58(53,54)55/h5-13,16,46H,15H2,1-4H3,(H,37,38,39)(H,47,48,49)(H,50,51,52)(H,53,54,55)(H2,36,40,41,42,43). The molecule has 21 nitrogen and oxygen atoms in total. The van der Waals surface area contributed by atoms with Crippen LogP contribution in [0.1, 0.15) is 29.8 Å². The van der Waals surface area contributed by atoms with E-state index in [-0.39, 0.29) is 57.7 Å². The first-order valence-corrected chi connectivity index (χ1v) is 20.9. The zero-order valence-electron chi connectivity index (χ0n) is 30.5. The highest BCUT2D eigenvalue weighted by atomic mass is 32.2. The minimum absolute atomic E-state index is 0.0202. The number of phenols is 1. The summed E-state index contributed by atoms with van der Waals surface area (Å²) in [6, 6.07) is 12.8. The number of hydrogen-bond donors (Lipinski definition) is 7.